The van der Waals surface area contributed by atoms with E-state index in [2.05, 4.69) is 9.97 Å². The molecule has 172 valence electrons. The number of hydrogen-bond acceptors (Lipinski definition) is 6. The van der Waals surface area contributed by atoms with Crippen molar-refractivity contribution < 1.29 is 22.3 Å². The van der Waals surface area contributed by atoms with E-state index in [9.17, 15) is 22.4 Å². The molecular weight excluding hydrogens is 451 g/mol. The maximum absolute atomic E-state index is 13.3. The van der Waals surface area contributed by atoms with E-state index in [1.807, 2.05) is 0 Å². The Balaban J connectivity index is 1.85. The van der Waals surface area contributed by atoms with Crippen LogP contribution in [0.4, 0.5) is 10.1 Å². The van der Waals surface area contributed by atoms with E-state index >= 15 is 0 Å². The summed E-state index contributed by atoms with van der Waals surface area (Å²) in [6, 6.07) is 9.23. The van der Waals surface area contributed by atoms with Gasteiger partial charge in [-0.25, -0.2) is 17.6 Å². The number of nitrogens with two attached hydrogens (primary N) is 1. The number of anilines is 1. The number of aromatic nitrogens is 2. The van der Waals surface area contributed by atoms with Crippen molar-refractivity contribution in [3.8, 4) is 0 Å². The number of carbonyl (C=O) groups excluding carboxylic acids is 1. The van der Waals surface area contributed by atoms with Crippen molar-refractivity contribution in [2.45, 2.75) is 11.3 Å². The van der Waals surface area contributed by atoms with Crippen LogP contribution in [-0.2, 0) is 14.8 Å². The molecule has 0 aliphatic carbocycles. The first kappa shape index (κ1) is 22.5. The molecule has 11 heteroatoms. The van der Waals surface area contributed by atoms with Gasteiger partial charge in [0.25, 0.3) is 15.6 Å². The zero-order valence-corrected chi connectivity index (χ0v) is 18.4. The molecule has 0 radical (unpaired) electrons. The Morgan fingerprint density at radius 3 is 2.61 bits per heavy atom. The summed E-state index contributed by atoms with van der Waals surface area (Å²) in [6.45, 7) is 0.470. The van der Waals surface area contributed by atoms with E-state index in [0.717, 1.165) is 4.31 Å². The van der Waals surface area contributed by atoms with Gasteiger partial charge >= 0.3 is 5.97 Å². The first-order chi connectivity index (χ1) is 15.7. The van der Waals surface area contributed by atoms with Crippen molar-refractivity contribution >= 4 is 43.5 Å². The second-order valence-corrected chi connectivity index (χ2v) is 9.31. The third kappa shape index (κ3) is 4.08. The number of halogens is 1. The van der Waals surface area contributed by atoms with Gasteiger partial charge in [-0.3, -0.25) is 9.10 Å². The highest BCUT2D eigenvalue weighted by Crippen LogP contribution is 2.29. The Labute approximate surface area is 188 Å². The zero-order chi connectivity index (χ0) is 23.8. The number of nitrogens with zero attached hydrogens (tertiary/aromatic N) is 1. The molecule has 0 atom stereocenters. The van der Waals surface area contributed by atoms with Crippen LogP contribution in [-0.4, -0.2) is 44.6 Å². The van der Waals surface area contributed by atoms with E-state index < -0.39 is 27.4 Å². The van der Waals surface area contributed by atoms with E-state index in [1.165, 1.54) is 55.7 Å². The first-order valence-electron chi connectivity index (χ1n) is 10.0. The number of pyridine rings is 1. The first-order valence-corrected chi connectivity index (χ1v) is 11.5. The second-order valence-electron chi connectivity index (χ2n) is 7.34. The summed E-state index contributed by atoms with van der Waals surface area (Å²) in [7, 11) is -2.68. The highest BCUT2D eigenvalue weighted by Gasteiger charge is 2.24. The molecule has 0 unspecified atom stereocenters. The Morgan fingerprint density at radius 2 is 1.91 bits per heavy atom. The van der Waals surface area contributed by atoms with Crippen LogP contribution >= 0.6 is 0 Å². The Kier molecular flexibility index (Phi) is 5.91. The van der Waals surface area contributed by atoms with Crippen LogP contribution < -0.4 is 15.6 Å². The molecule has 4 rings (SSSR count). The predicted molar refractivity (Wildman–Crippen MR) is 122 cm³/mol. The lowest BCUT2D eigenvalue weighted by molar-refractivity contribution is 0.0505. The molecule has 2 heterocycles. The van der Waals surface area contributed by atoms with Crippen molar-refractivity contribution in [2.24, 2.45) is 5.73 Å². The molecule has 0 bridgehead atoms. The molecule has 33 heavy (non-hydrogen) atoms. The van der Waals surface area contributed by atoms with Crippen LogP contribution in [0.5, 0.6) is 0 Å². The summed E-state index contributed by atoms with van der Waals surface area (Å²) in [5.41, 5.74) is 5.82. The number of nitrogens with one attached hydrogen (secondary N) is 2. The van der Waals surface area contributed by atoms with Gasteiger partial charge in [-0.05, 0) is 55.4 Å². The van der Waals surface area contributed by atoms with Gasteiger partial charge in [0.05, 0.1) is 22.8 Å². The molecule has 0 amide bonds. The average Bonchev–Trinajstić information content (AvgIpc) is 3.25. The van der Waals surface area contributed by atoms with Crippen molar-refractivity contribution in [3.63, 3.8) is 0 Å². The molecule has 0 aliphatic heterocycles. The normalized spacial score (nSPS) is 11.7. The second kappa shape index (κ2) is 8.68. The summed E-state index contributed by atoms with van der Waals surface area (Å²) in [5, 5.41) is 0.609. The largest absolute Gasteiger partial charge is 0.462 e. The van der Waals surface area contributed by atoms with Crippen molar-refractivity contribution in [2.75, 3.05) is 24.5 Å². The number of esters is 1. The Bertz CT molecular complexity index is 1510. The van der Waals surface area contributed by atoms with Gasteiger partial charge in [0.1, 0.15) is 11.3 Å². The van der Waals surface area contributed by atoms with Gasteiger partial charge < -0.3 is 20.4 Å². The minimum Gasteiger partial charge on any atom is -0.462 e. The summed E-state index contributed by atoms with van der Waals surface area (Å²) in [4.78, 5) is 30.5. The number of benzene rings is 2. The number of H-pyrrole nitrogens is 2. The van der Waals surface area contributed by atoms with Gasteiger partial charge in [-0.1, -0.05) is 0 Å². The van der Waals surface area contributed by atoms with Crippen molar-refractivity contribution in [3.05, 3.63) is 70.4 Å². The summed E-state index contributed by atoms with van der Waals surface area (Å²) < 4.78 is 46.0. The molecule has 2 aromatic carbocycles. The number of hydrogen-bond donors (Lipinski definition) is 3. The van der Waals surface area contributed by atoms with E-state index in [0.29, 0.717) is 23.9 Å². The third-order valence-corrected chi connectivity index (χ3v) is 7.05. The lowest BCUT2D eigenvalue weighted by atomic mass is 10.1. The Hall–Kier alpha value is -3.70. The molecule has 0 saturated heterocycles. The fourth-order valence-corrected chi connectivity index (χ4v) is 4.72. The van der Waals surface area contributed by atoms with Crippen LogP contribution in [0.3, 0.4) is 0 Å². The van der Waals surface area contributed by atoms with Crippen LogP contribution in [0.15, 0.2) is 58.4 Å². The topological polar surface area (TPSA) is 138 Å². The fourth-order valence-electron chi connectivity index (χ4n) is 3.50. The molecule has 0 spiro atoms. The maximum atomic E-state index is 13.3. The maximum Gasteiger partial charge on any atom is 0.340 e. The van der Waals surface area contributed by atoms with E-state index in [4.69, 9.17) is 10.5 Å². The number of rotatable bonds is 7. The lowest BCUT2D eigenvalue weighted by Gasteiger charge is -2.20. The van der Waals surface area contributed by atoms with Crippen molar-refractivity contribution in [1.82, 2.24) is 9.97 Å². The SMILES string of the molecule is CN(c1ccc(F)cc1)S(=O)(=O)c1ccc2[nH]c(=O)c3[nH]cc(C(=O)OCCCN)c3c2c1. The van der Waals surface area contributed by atoms with E-state index in [1.54, 1.807) is 0 Å². The molecular formula is C22H21FN4O5S. The average molecular weight is 472 g/mol. The summed E-state index contributed by atoms with van der Waals surface area (Å²) >= 11 is 0. The predicted octanol–water partition coefficient (Wildman–Crippen LogP) is 2.48. The zero-order valence-electron chi connectivity index (χ0n) is 17.6. The number of ether oxygens (including phenoxy) is 1. The van der Waals surface area contributed by atoms with Gasteiger partial charge in [0, 0.05) is 29.5 Å². The number of carbonyl (C=O) groups is 1. The summed E-state index contributed by atoms with van der Waals surface area (Å²) in [6.07, 6.45) is 1.84. The third-order valence-electron chi connectivity index (χ3n) is 5.27. The number of fused-ring (bicyclic) bond motifs is 3. The molecule has 0 aliphatic rings. The molecule has 4 N–H and O–H groups in total. The molecule has 2 aromatic heterocycles. The molecule has 4 aromatic rings. The van der Waals surface area contributed by atoms with Gasteiger partial charge in [0.15, 0.2) is 0 Å². The van der Waals surface area contributed by atoms with Crippen LogP contribution in [0.25, 0.3) is 21.8 Å². The standard InChI is InChI=1S/C22H21FN4O5S/c1-27(14-5-3-13(23)4-6-14)33(30,31)15-7-8-18-16(11-15)19-17(22(29)32-10-2-9-24)12-25-20(19)21(28)26-18/h3-8,11-12,25H,2,9-10,24H2,1H3,(H,26,28). The fraction of sp³-hybridized carbons (Fsp3) is 0.182. The van der Waals surface area contributed by atoms with Gasteiger partial charge in [-0.15, -0.1) is 0 Å². The van der Waals surface area contributed by atoms with E-state index in [-0.39, 0.29) is 33.7 Å². The van der Waals surface area contributed by atoms with Crippen molar-refractivity contribution in [1.29, 1.82) is 0 Å². The molecule has 0 fully saturated rings. The van der Waals surface area contributed by atoms with Crippen LogP contribution in [0.1, 0.15) is 16.8 Å². The highest BCUT2D eigenvalue weighted by atomic mass is 32.2. The minimum absolute atomic E-state index is 0.0705. The minimum atomic E-state index is -4.03. The van der Waals surface area contributed by atoms with Gasteiger partial charge in [-0.2, -0.15) is 0 Å². The van der Waals surface area contributed by atoms with Crippen LogP contribution in [0, 0.1) is 5.82 Å². The smallest absolute Gasteiger partial charge is 0.340 e. The monoisotopic (exact) mass is 472 g/mol. The quantitative estimate of drug-likeness (QED) is 0.279. The highest BCUT2D eigenvalue weighted by molar-refractivity contribution is 7.92. The molecule has 0 saturated carbocycles. The van der Waals surface area contributed by atoms with Gasteiger partial charge in [0.2, 0.25) is 0 Å². The molecule has 9 nitrogen and oxygen atoms in total. The summed E-state index contributed by atoms with van der Waals surface area (Å²) in [5.74, 6) is -1.14. The Morgan fingerprint density at radius 1 is 1.18 bits per heavy atom. The number of sulfonamides is 1. The van der Waals surface area contributed by atoms with Crippen LogP contribution in [0.2, 0.25) is 0 Å². The number of aromatic amines is 2. The lowest BCUT2D eigenvalue weighted by Crippen LogP contribution is -2.26.